The topological polar surface area (TPSA) is 113 Å². The van der Waals surface area contributed by atoms with Gasteiger partial charge in [-0.15, -0.1) is 0 Å². The molecule has 0 aliphatic carbocycles. The number of hydrogen-bond donors (Lipinski definition) is 0. The summed E-state index contributed by atoms with van der Waals surface area (Å²) in [6.45, 7) is 0. The molecule has 2 rings (SSSR count). The van der Waals surface area contributed by atoms with Crippen LogP contribution in [0.4, 0.5) is 0 Å². The van der Waals surface area contributed by atoms with Crippen molar-refractivity contribution in [2.75, 3.05) is 20.5 Å². The van der Waals surface area contributed by atoms with Crippen LogP contribution in [-0.2, 0) is 29.5 Å². The fourth-order valence-corrected chi connectivity index (χ4v) is 3.68. The zero-order chi connectivity index (χ0) is 20.9. The smallest absolute Gasteiger partial charge is 0.339 e. The minimum atomic E-state index is -4.22. The van der Waals surface area contributed by atoms with Gasteiger partial charge in [-0.3, -0.25) is 0 Å². The molecule has 0 radical (unpaired) electrons. The number of carbonyl (C=O) groups is 1. The first-order valence-corrected chi connectivity index (χ1v) is 11.1. The fourth-order valence-electron chi connectivity index (χ4n) is 2.11. The molecular formula is C18H18O8S2. The first-order chi connectivity index (χ1) is 13.1. The number of carbonyl (C=O) groups excluding carboxylic acids is 1. The molecule has 0 saturated heterocycles. The number of esters is 1. The molecule has 0 aliphatic heterocycles. The average molecular weight is 426 g/mol. The van der Waals surface area contributed by atoms with Gasteiger partial charge in [-0.2, -0.15) is 8.42 Å². The van der Waals surface area contributed by atoms with Gasteiger partial charge in [0.25, 0.3) is 0 Å². The van der Waals surface area contributed by atoms with Crippen molar-refractivity contribution in [1.29, 1.82) is 0 Å². The lowest BCUT2D eigenvalue weighted by atomic mass is 10.2. The third-order valence-corrected chi connectivity index (χ3v) is 5.92. The van der Waals surface area contributed by atoms with Crippen LogP contribution in [-0.4, -0.2) is 43.3 Å². The predicted octanol–water partition coefficient (Wildman–Crippen LogP) is 2.05. The van der Waals surface area contributed by atoms with E-state index in [-0.39, 0.29) is 21.3 Å². The summed E-state index contributed by atoms with van der Waals surface area (Å²) in [5.41, 5.74) is 0.560. The molecule has 10 heteroatoms. The number of benzene rings is 2. The van der Waals surface area contributed by atoms with Gasteiger partial charge in [0.2, 0.25) is 0 Å². The van der Waals surface area contributed by atoms with Gasteiger partial charge in [-0.25, -0.2) is 13.2 Å². The van der Waals surface area contributed by atoms with Crippen molar-refractivity contribution in [2.24, 2.45) is 0 Å². The molecule has 0 spiro atoms. The normalized spacial score (nSPS) is 12.0. The third-order valence-electron chi connectivity index (χ3n) is 3.54. The van der Waals surface area contributed by atoms with E-state index in [2.05, 4.69) is 4.74 Å². The molecule has 0 amide bonds. The van der Waals surface area contributed by atoms with Gasteiger partial charge in [0, 0.05) is 12.3 Å². The molecule has 0 N–H and O–H groups in total. The Morgan fingerprint density at radius 2 is 1.50 bits per heavy atom. The highest BCUT2D eigenvalue weighted by molar-refractivity contribution is 7.90. The zero-order valence-electron chi connectivity index (χ0n) is 15.3. The number of rotatable bonds is 7. The molecular weight excluding hydrogens is 408 g/mol. The quantitative estimate of drug-likeness (QED) is 0.376. The number of hydrogen-bond acceptors (Lipinski definition) is 8. The monoisotopic (exact) mass is 426 g/mol. The van der Waals surface area contributed by atoms with Crippen LogP contribution in [0.2, 0.25) is 0 Å². The Labute approximate surface area is 163 Å². The Hall–Kier alpha value is -2.85. The van der Waals surface area contributed by atoms with Crippen LogP contribution in [0.3, 0.4) is 0 Å². The zero-order valence-corrected chi connectivity index (χ0v) is 16.9. The van der Waals surface area contributed by atoms with Crippen LogP contribution in [0.25, 0.3) is 6.08 Å². The van der Waals surface area contributed by atoms with E-state index in [9.17, 15) is 21.6 Å². The summed E-state index contributed by atoms with van der Waals surface area (Å²) in [5, 5.41) is 0. The Morgan fingerprint density at radius 3 is 2.04 bits per heavy atom. The predicted molar refractivity (Wildman–Crippen MR) is 101 cm³/mol. The fraction of sp³-hybridized carbons (Fsp3) is 0.167. The molecule has 2 aromatic carbocycles. The molecule has 2 aromatic rings. The van der Waals surface area contributed by atoms with Crippen molar-refractivity contribution in [3.8, 4) is 11.5 Å². The van der Waals surface area contributed by atoms with E-state index >= 15 is 0 Å². The van der Waals surface area contributed by atoms with Crippen LogP contribution < -0.4 is 8.92 Å². The van der Waals surface area contributed by atoms with Crippen molar-refractivity contribution in [2.45, 2.75) is 9.79 Å². The second-order valence-corrected chi connectivity index (χ2v) is 9.11. The van der Waals surface area contributed by atoms with Gasteiger partial charge in [-0.05, 0) is 48.0 Å². The molecule has 28 heavy (non-hydrogen) atoms. The number of sulfone groups is 1. The van der Waals surface area contributed by atoms with Crippen molar-refractivity contribution >= 4 is 32.0 Å². The maximum atomic E-state index is 12.5. The molecule has 8 nitrogen and oxygen atoms in total. The molecule has 0 saturated carbocycles. The molecule has 0 atom stereocenters. The van der Waals surface area contributed by atoms with E-state index in [1.807, 2.05) is 0 Å². The minimum absolute atomic E-state index is 0.00854. The van der Waals surface area contributed by atoms with E-state index in [1.54, 1.807) is 0 Å². The molecule has 0 aromatic heterocycles. The first-order valence-electron chi connectivity index (χ1n) is 7.75. The van der Waals surface area contributed by atoms with Crippen LogP contribution in [0, 0.1) is 0 Å². The van der Waals surface area contributed by atoms with Crippen molar-refractivity contribution in [1.82, 2.24) is 0 Å². The van der Waals surface area contributed by atoms with E-state index in [0.717, 1.165) is 18.4 Å². The van der Waals surface area contributed by atoms with Gasteiger partial charge in [0.15, 0.2) is 21.3 Å². The van der Waals surface area contributed by atoms with Crippen LogP contribution in [0.1, 0.15) is 5.56 Å². The first kappa shape index (κ1) is 21.5. The number of methoxy groups -OCH3 is 2. The molecule has 150 valence electrons. The maximum absolute atomic E-state index is 12.5. The highest BCUT2D eigenvalue weighted by Crippen LogP contribution is 2.31. The summed E-state index contributed by atoms with van der Waals surface area (Å²) in [5.74, 6) is -0.479. The van der Waals surface area contributed by atoms with Gasteiger partial charge in [0.05, 0.1) is 19.1 Å². The van der Waals surface area contributed by atoms with Crippen molar-refractivity contribution in [3.05, 3.63) is 54.1 Å². The minimum Gasteiger partial charge on any atom is -0.493 e. The van der Waals surface area contributed by atoms with Gasteiger partial charge < -0.3 is 13.7 Å². The van der Waals surface area contributed by atoms with Gasteiger partial charge in [-0.1, -0.05) is 6.07 Å². The van der Waals surface area contributed by atoms with Crippen LogP contribution in [0.15, 0.2) is 58.3 Å². The Kier molecular flexibility index (Phi) is 6.47. The standard InChI is InChI=1S/C18H18O8S2/c1-24-17-12-13(5-11-18(19)25-2)4-10-16(17)26-28(22,23)15-8-6-14(7-9-15)27(3,20)21/h4-12H,1-3H3. The van der Waals surface area contributed by atoms with E-state index in [0.29, 0.717) is 5.56 Å². The van der Waals surface area contributed by atoms with E-state index < -0.39 is 25.9 Å². The summed E-state index contributed by atoms with van der Waals surface area (Å²) in [6.07, 6.45) is 3.69. The largest absolute Gasteiger partial charge is 0.493 e. The number of ether oxygens (including phenoxy) is 2. The van der Waals surface area contributed by atoms with E-state index in [1.165, 1.54) is 56.7 Å². The lowest BCUT2D eigenvalue weighted by Gasteiger charge is -2.11. The van der Waals surface area contributed by atoms with Crippen molar-refractivity contribution in [3.63, 3.8) is 0 Å². The molecule has 0 aliphatic rings. The maximum Gasteiger partial charge on any atom is 0.339 e. The van der Waals surface area contributed by atoms with E-state index in [4.69, 9.17) is 8.92 Å². The average Bonchev–Trinajstić information content (AvgIpc) is 2.66. The molecule has 0 bridgehead atoms. The highest BCUT2D eigenvalue weighted by Gasteiger charge is 2.20. The highest BCUT2D eigenvalue weighted by atomic mass is 32.2. The summed E-state index contributed by atoms with van der Waals surface area (Å²) in [7, 11) is -5.08. The summed E-state index contributed by atoms with van der Waals surface area (Å²) < 4.78 is 62.7. The lowest BCUT2D eigenvalue weighted by Crippen LogP contribution is -2.11. The molecule has 0 heterocycles. The Morgan fingerprint density at radius 1 is 0.893 bits per heavy atom. The van der Waals surface area contributed by atoms with Crippen LogP contribution in [0.5, 0.6) is 11.5 Å². The third kappa shape index (κ3) is 5.33. The van der Waals surface area contributed by atoms with Crippen LogP contribution >= 0.6 is 0 Å². The summed E-state index contributed by atoms with van der Waals surface area (Å²) >= 11 is 0. The Bertz CT molecular complexity index is 1100. The van der Waals surface area contributed by atoms with Gasteiger partial charge >= 0.3 is 16.1 Å². The van der Waals surface area contributed by atoms with Crippen molar-refractivity contribution < 1.29 is 35.3 Å². The summed E-state index contributed by atoms with van der Waals surface area (Å²) in [6, 6.07) is 9.04. The SMILES string of the molecule is COC(=O)C=Cc1ccc(OS(=O)(=O)c2ccc(S(C)(=O)=O)cc2)c(OC)c1. The second-order valence-electron chi connectivity index (χ2n) is 5.55. The van der Waals surface area contributed by atoms with Gasteiger partial charge in [0.1, 0.15) is 4.90 Å². The summed E-state index contributed by atoms with van der Waals surface area (Å²) in [4.78, 5) is 10.9. The molecule has 0 unspecified atom stereocenters. The lowest BCUT2D eigenvalue weighted by molar-refractivity contribution is -0.134. The molecule has 0 fully saturated rings. The second kappa shape index (κ2) is 8.44. The Balaban J connectivity index is 2.30.